The van der Waals surface area contributed by atoms with Crippen LogP contribution in [-0.4, -0.2) is 45.0 Å². The van der Waals surface area contributed by atoms with Gasteiger partial charge in [-0.3, -0.25) is 4.90 Å². The van der Waals surface area contributed by atoms with Crippen LogP contribution in [0.5, 0.6) is 0 Å². The van der Waals surface area contributed by atoms with Crippen molar-refractivity contribution >= 4 is 0 Å². The fourth-order valence-corrected chi connectivity index (χ4v) is 1.71. The highest BCUT2D eigenvalue weighted by atomic mass is 16.7. The molecule has 0 aliphatic rings. The van der Waals surface area contributed by atoms with E-state index in [-0.39, 0.29) is 6.29 Å². The molecular formula is C12H27NO2. The maximum Gasteiger partial charge on any atom is 0.169 e. The van der Waals surface area contributed by atoms with Crippen LogP contribution in [0.3, 0.4) is 0 Å². The third-order valence-corrected chi connectivity index (χ3v) is 2.18. The van der Waals surface area contributed by atoms with Gasteiger partial charge in [-0.15, -0.1) is 0 Å². The molecule has 0 saturated heterocycles. The van der Waals surface area contributed by atoms with Crippen LogP contribution in [-0.2, 0) is 9.47 Å². The summed E-state index contributed by atoms with van der Waals surface area (Å²) < 4.78 is 10.5. The zero-order valence-corrected chi connectivity index (χ0v) is 11.1. The minimum Gasteiger partial charge on any atom is -0.355 e. The van der Waals surface area contributed by atoms with Crippen LogP contribution >= 0.6 is 0 Å². The van der Waals surface area contributed by atoms with Crippen LogP contribution in [0.15, 0.2) is 0 Å². The quantitative estimate of drug-likeness (QED) is 0.582. The van der Waals surface area contributed by atoms with Gasteiger partial charge in [0.1, 0.15) is 0 Å². The molecule has 0 fully saturated rings. The van der Waals surface area contributed by atoms with Crippen molar-refractivity contribution in [2.75, 3.05) is 33.9 Å². The molecule has 0 bridgehead atoms. The normalized spacial score (nSPS) is 12.4. The Balaban J connectivity index is 4.09. The van der Waals surface area contributed by atoms with Crippen LogP contribution in [0.2, 0.25) is 0 Å². The summed E-state index contributed by atoms with van der Waals surface area (Å²) in [5.41, 5.74) is 0. The Morgan fingerprint density at radius 3 is 1.47 bits per heavy atom. The standard InChI is InChI=1S/C12H27NO2/c1-10(2)7-13(8-11(3)4)9-12(14-5)15-6/h10-12H,7-9H2,1-6H3. The SMILES string of the molecule is COC(CN(CC(C)C)CC(C)C)OC. The molecule has 0 aromatic heterocycles. The van der Waals surface area contributed by atoms with Gasteiger partial charge in [0.25, 0.3) is 0 Å². The van der Waals surface area contributed by atoms with E-state index in [1.807, 2.05) is 0 Å². The first kappa shape index (κ1) is 14.9. The van der Waals surface area contributed by atoms with Crippen molar-refractivity contribution in [3.63, 3.8) is 0 Å². The summed E-state index contributed by atoms with van der Waals surface area (Å²) in [6, 6.07) is 0. The van der Waals surface area contributed by atoms with Crippen molar-refractivity contribution in [1.82, 2.24) is 4.90 Å². The Hall–Kier alpha value is -0.120. The van der Waals surface area contributed by atoms with Crippen LogP contribution in [0, 0.1) is 11.8 Å². The third kappa shape index (κ3) is 7.77. The fourth-order valence-electron chi connectivity index (χ4n) is 1.71. The van der Waals surface area contributed by atoms with Crippen molar-refractivity contribution in [2.24, 2.45) is 11.8 Å². The molecule has 0 amide bonds. The molecule has 0 rings (SSSR count). The van der Waals surface area contributed by atoms with Gasteiger partial charge in [0, 0.05) is 33.9 Å². The maximum absolute atomic E-state index is 5.23. The van der Waals surface area contributed by atoms with Gasteiger partial charge >= 0.3 is 0 Å². The zero-order chi connectivity index (χ0) is 11.8. The molecule has 92 valence electrons. The summed E-state index contributed by atoms with van der Waals surface area (Å²) in [5.74, 6) is 1.36. The monoisotopic (exact) mass is 217 g/mol. The molecule has 0 N–H and O–H groups in total. The molecule has 0 aliphatic heterocycles. The van der Waals surface area contributed by atoms with Gasteiger partial charge in [0.05, 0.1) is 0 Å². The molecule has 3 nitrogen and oxygen atoms in total. The van der Waals surface area contributed by atoms with Gasteiger partial charge < -0.3 is 9.47 Å². The van der Waals surface area contributed by atoms with Crippen molar-refractivity contribution in [3.05, 3.63) is 0 Å². The zero-order valence-electron chi connectivity index (χ0n) is 11.1. The van der Waals surface area contributed by atoms with E-state index in [4.69, 9.17) is 9.47 Å². The van der Waals surface area contributed by atoms with Gasteiger partial charge in [-0.25, -0.2) is 0 Å². The van der Waals surface area contributed by atoms with E-state index in [1.165, 1.54) is 0 Å². The summed E-state index contributed by atoms with van der Waals surface area (Å²) >= 11 is 0. The molecule has 0 atom stereocenters. The van der Waals surface area contributed by atoms with E-state index in [1.54, 1.807) is 14.2 Å². The van der Waals surface area contributed by atoms with Crippen LogP contribution in [0.25, 0.3) is 0 Å². The van der Waals surface area contributed by atoms with E-state index in [2.05, 4.69) is 32.6 Å². The van der Waals surface area contributed by atoms with Crippen LogP contribution in [0.4, 0.5) is 0 Å². The minimum atomic E-state index is -0.109. The molecule has 0 aromatic carbocycles. The highest BCUT2D eigenvalue weighted by Crippen LogP contribution is 2.06. The predicted molar refractivity (Wildman–Crippen MR) is 63.9 cm³/mol. The van der Waals surface area contributed by atoms with Crippen LogP contribution < -0.4 is 0 Å². The van der Waals surface area contributed by atoms with E-state index < -0.39 is 0 Å². The molecular weight excluding hydrogens is 190 g/mol. The second-order valence-electron chi connectivity index (χ2n) is 4.91. The Labute approximate surface area is 94.7 Å². The summed E-state index contributed by atoms with van der Waals surface area (Å²) in [6.45, 7) is 12.0. The van der Waals surface area contributed by atoms with Gasteiger partial charge in [0.15, 0.2) is 6.29 Å². The van der Waals surface area contributed by atoms with Gasteiger partial charge in [-0.05, 0) is 11.8 Å². The number of hydrogen-bond donors (Lipinski definition) is 0. The second-order valence-corrected chi connectivity index (χ2v) is 4.91. The van der Waals surface area contributed by atoms with Crippen LogP contribution in [0.1, 0.15) is 27.7 Å². The lowest BCUT2D eigenvalue weighted by atomic mass is 10.1. The Morgan fingerprint density at radius 2 is 1.20 bits per heavy atom. The van der Waals surface area contributed by atoms with Gasteiger partial charge in [-0.2, -0.15) is 0 Å². The fraction of sp³-hybridized carbons (Fsp3) is 1.00. The average Bonchev–Trinajstić information content (AvgIpc) is 2.11. The Kier molecular flexibility index (Phi) is 8.02. The average molecular weight is 217 g/mol. The predicted octanol–water partition coefficient (Wildman–Crippen LogP) is 2.22. The number of hydrogen-bond acceptors (Lipinski definition) is 3. The molecule has 0 radical (unpaired) electrons. The van der Waals surface area contributed by atoms with E-state index >= 15 is 0 Å². The third-order valence-electron chi connectivity index (χ3n) is 2.18. The van der Waals surface area contributed by atoms with Gasteiger partial charge in [-0.1, -0.05) is 27.7 Å². The molecule has 0 heterocycles. The highest BCUT2D eigenvalue weighted by Gasteiger charge is 2.14. The first-order valence-electron chi connectivity index (χ1n) is 5.77. The number of ether oxygens (including phenoxy) is 2. The lowest BCUT2D eigenvalue weighted by molar-refractivity contribution is -0.118. The summed E-state index contributed by atoms with van der Waals surface area (Å²) in [5, 5.41) is 0. The summed E-state index contributed by atoms with van der Waals surface area (Å²) in [7, 11) is 3.38. The minimum absolute atomic E-state index is 0.109. The van der Waals surface area contributed by atoms with Crippen molar-refractivity contribution in [2.45, 2.75) is 34.0 Å². The molecule has 15 heavy (non-hydrogen) atoms. The summed E-state index contributed by atoms with van der Waals surface area (Å²) in [6.07, 6.45) is -0.109. The number of methoxy groups -OCH3 is 2. The lowest BCUT2D eigenvalue weighted by Gasteiger charge is -2.28. The van der Waals surface area contributed by atoms with E-state index in [9.17, 15) is 0 Å². The Bertz CT molecular complexity index is 135. The number of nitrogens with zero attached hydrogens (tertiary/aromatic N) is 1. The first-order valence-corrected chi connectivity index (χ1v) is 5.77. The number of rotatable bonds is 8. The molecule has 0 aliphatic carbocycles. The van der Waals surface area contributed by atoms with Crippen molar-refractivity contribution in [3.8, 4) is 0 Å². The van der Waals surface area contributed by atoms with Crippen molar-refractivity contribution < 1.29 is 9.47 Å². The topological polar surface area (TPSA) is 21.7 Å². The molecule has 0 spiro atoms. The smallest absolute Gasteiger partial charge is 0.169 e. The van der Waals surface area contributed by atoms with Crippen molar-refractivity contribution in [1.29, 1.82) is 0 Å². The molecule has 0 saturated carbocycles. The molecule has 3 heteroatoms. The molecule has 0 aromatic rings. The highest BCUT2D eigenvalue weighted by molar-refractivity contribution is 4.64. The maximum atomic E-state index is 5.23. The Morgan fingerprint density at radius 1 is 0.800 bits per heavy atom. The first-order chi connectivity index (χ1) is 6.99. The summed E-state index contributed by atoms with van der Waals surface area (Å²) in [4.78, 5) is 2.41. The van der Waals surface area contributed by atoms with Gasteiger partial charge in [0.2, 0.25) is 0 Å². The lowest BCUT2D eigenvalue weighted by Crippen LogP contribution is -2.38. The molecule has 0 unspecified atom stereocenters. The van der Waals surface area contributed by atoms with E-state index in [0.717, 1.165) is 19.6 Å². The largest absolute Gasteiger partial charge is 0.355 e. The van der Waals surface area contributed by atoms with E-state index in [0.29, 0.717) is 11.8 Å². The second kappa shape index (κ2) is 8.08.